The van der Waals surface area contributed by atoms with Gasteiger partial charge in [0, 0.05) is 30.6 Å². The molecule has 0 aliphatic rings. The Hall–Kier alpha value is -0.167. The third kappa shape index (κ3) is 2.22. The van der Waals surface area contributed by atoms with Crippen molar-refractivity contribution >= 4 is 0 Å². The van der Waals surface area contributed by atoms with Gasteiger partial charge >= 0.3 is 0 Å². The summed E-state index contributed by atoms with van der Waals surface area (Å²) in [5.41, 5.74) is 1.21. The summed E-state index contributed by atoms with van der Waals surface area (Å²) in [7, 11) is 0. The van der Waals surface area contributed by atoms with E-state index in [0.29, 0.717) is 0 Å². The summed E-state index contributed by atoms with van der Waals surface area (Å²) < 4.78 is 0. The number of nitrogens with zero attached hydrogens (tertiary/aromatic N) is 2. The third-order valence-electron chi connectivity index (χ3n) is 1.23. The van der Waals surface area contributed by atoms with E-state index in [-0.39, 0.29) is 24.9 Å². The standard InChI is InChI=1S/C7H11N2.Rh/c1-7(2,3)6-4-5-8-9-6;/h4-5H,1-3H3;/q-1;. The average molecular weight is 226 g/mol. The van der Waals surface area contributed by atoms with E-state index in [0.717, 1.165) is 5.69 Å². The van der Waals surface area contributed by atoms with Gasteiger partial charge in [0.15, 0.2) is 0 Å². The van der Waals surface area contributed by atoms with Crippen molar-refractivity contribution in [1.29, 1.82) is 0 Å². The van der Waals surface area contributed by atoms with Crippen LogP contribution in [0.4, 0.5) is 0 Å². The summed E-state index contributed by atoms with van der Waals surface area (Å²) in [4.78, 5) is 0. The average Bonchev–Trinajstić information content (AvgIpc) is 2.08. The molecular weight excluding hydrogens is 215 g/mol. The van der Waals surface area contributed by atoms with Gasteiger partial charge in [-0.25, -0.2) is 0 Å². The van der Waals surface area contributed by atoms with Crippen molar-refractivity contribution in [3.8, 4) is 0 Å². The maximum absolute atomic E-state index is 3.94. The first-order chi connectivity index (χ1) is 4.11. The Bertz CT molecular complexity index is 174. The zero-order valence-electron chi connectivity index (χ0n) is 6.38. The molecule has 1 heterocycles. The molecule has 0 fully saturated rings. The zero-order chi connectivity index (χ0) is 6.91. The van der Waals surface area contributed by atoms with Crippen LogP contribution in [0.1, 0.15) is 26.5 Å². The van der Waals surface area contributed by atoms with Crippen LogP contribution < -0.4 is 5.10 Å². The van der Waals surface area contributed by atoms with E-state index in [4.69, 9.17) is 0 Å². The molecule has 1 aromatic rings. The van der Waals surface area contributed by atoms with Crippen LogP contribution in [0.15, 0.2) is 12.3 Å². The van der Waals surface area contributed by atoms with Crippen molar-refractivity contribution in [3.63, 3.8) is 0 Å². The van der Waals surface area contributed by atoms with Gasteiger partial charge in [-0.3, -0.25) is 0 Å². The molecule has 0 saturated carbocycles. The van der Waals surface area contributed by atoms with E-state index in [1.165, 1.54) is 0 Å². The molecule has 2 nitrogen and oxygen atoms in total. The van der Waals surface area contributed by atoms with Gasteiger partial charge < -0.3 is 10.2 Å². The van der Waals surface area contributed by atoms with Crippen LogP contribution in [0.3, 0.4) is 0 Å². The first-order valence-corrected chi connectivity index (χ1v) is 3.05. The maximum Gasteiger partial charge on any atom is 0.0214 e. The molecule has 3 heteroatoms. The second-order valence-corrected chi connectivity index (χ2v) is 3.17. The van der Waals surface area contributed by atoms with Crippen LogP contribution in [0.25, 0.3) is 0 Å². The zero-order valence-corrected chi connectivity index (χ0v) is 8.02. The van der Waals surface area contributed by atoms with E-state index >= 15 is 0 Å². The Morgan fingerprint density at radius 2 is 2.00 bits per heavy atom. The second kappa shape index (κ2) is 3.29. The Morgan fingerprint density at radius 3 is 2.20 bits per heavy atom. The van der Waals surface area contributed by atoms with Crippen LogP contribution in [0.2, 0.25) is 0 Å². The normalized spacial score (nSPS) is 10.7. The molecule has 59 valence electrons. The first-order valence-electron chi connectivity index (χ1n) is 3.05. The Labute approximate surface area is 74.2 Å². The molecule has 0 spiro atoms. The molecular formula is C7H11N2Rh-. The Kier molecular flexibility index (Phi) is 3.24. The van der Waals surface area contributed by atoms with Gasteiger partial charge in [0.05, 0.1) is 0 Å². The number of hydrogen-bond acceptors (Lipinski definition) is 1. The fourth-order valence-corrected chi connectivity index (χ4v) is 0.633. The van der Waals surface area contributed by atoms with E-state index < -0.39 is 0 Å². The van der Waals surface area contributed by atoms with Crippen LogP contribution in [0.5, 0.6) is 0 Å². The molecule has 0 aliphatic heterocycles. The van der Waals surface area contributed by atoms with Gasteiger partial charge in [-0.2, -0.15) is 6.20 Å². The second-order valence-electron chi connectivity index (χ2n) is 3.17. The molecule has 0 N–H and O–H groups in total. The molecule has 0 saturated heterocycles. The van der Waals surface area contributed by atoms with E-state index in [9.17, 15) is 0 Å². The number of aromatic nitrogens is 2. The minimum atomic E-state index is 0. The van der Waals surface area contributed by atoms with Gasteiger partial charge in [-0.1, -0.05) is 26.8 Å². The molecule has 0 unspecified atom stereocenters. The summed E-state index contributed by atoms with van der Waals surface area (Å²) in [6.07, 6.45) is 1.72. The topological polar surface area (TPSA) is 27.0 Å². The van der Waals surface area contributed by atoms with Gasteiger partial charge in [0.25, 0.3) is 0 Å². The van der Waals surface area contributed by atoms with Gasteiger partial charge in [0.2, 0.25) is 0 Å². The molecule has 0 amide bonds. The molecule has 0 bridgehead atoms. The van der Waals surface area contributed by atoms with Crippen molar-refractivity contribution < 1.29 is 19.5 Å². The van der Waals surface area contributed by atoms with Crippen LogP contribution in [-0.4, -0.2) is 5.10 Å². The summed E-state index contributed by atoms with van der Waals surface area (Å²) in [6.45, 7) is 6.37. The number of hydrogen-bond donors (Lipinski definition) is 0. The van der Waals surface area contributed by atoms with Crippen LogP contribution in [-0.2, 0) is 24.9 Å². The minimum absolute atomic E-state index is 0. The summed E-state index contributed by atoms with van der Waals surface area (Å²) in [6, 6.07) is 1.94. The van der Waals surface area contributed by atoms with Crippen molar-refractivity contribution in [2.24, 2.45) is 0 Å². The van der Waals surface area contributed by atoms with Gasteiger partial charge in [-0.15, -0.1) is 0 Å². The fourth-order valence-electron chi connectivity index (χ4n) is 0.633. The Balaban J connectivity index is 0.000000810. The van der Waals surface area contributed by atoms with Gasteiger partial charge in [-0.05, 0) is 0 Å². The van der Waals surface area contributed by atoms with Crippen molar-refractivity contribution in [1.82, 2.24) is 10.2 Å². The minimum Gasteiger partial charge on any atom is -0.581 e. The van der Waals surface area contributed by atoms with Crippen molar-refractivity contribution in [2.45, 2.75) is 26.2 Å². The molecule has 0 atom stereocenters. The molecule has 1 radical (unpaired) electrons. The van der Waals surface area contributed by atoms with E-state index in [1.54, 1.807) is 6.20 Å². The molecule has 0 aliphatic carbocycles. The molecule has 10 heavy (non-hydrogen) atoms. The smallest absolute Gasteiger partial charge is 0.0214 e. The number of rotatable bonds is 0. The first kappa shape index (κ1) is 9.83. The molecule has 1 aromatic heterocycles. The fraction of sp³-hybridized carbons (Fsp3) is 0.571. The third-order valence-corrected chi connectivity index (χ3v) is 1.23. The van der Waals surface area contributed by atoms with Crippen molar-refractivity contribution in [3.05, 3.63) is 18.0 Å². The summed E-state index contributed by atoms with van der Waals surface area (Å²) in [5, 5.41) is 7.68. The maximum atomic E-state index is 3.94. The van der Waals surface area contributed by atoms with Gasteiger partial charge in [0.1, 0.15) is 0 Å². The van der Waals surface area contributed by atoms with Crippen LogP contribution >= 0.6 is 0 Å². The predicted octanol–water partition coefficient (Wildman–Crippen LogP) is 1.33. The SMILES string of the molecule is CC(C)(C)c1cc[n-]n1.[Rh]. The van der Waals surface area contributed by atoms with E-state index in [1.807, 2.05) is 6.07 Å². The van der Waals surface area contributed by atoms with E-state index in [2.05, 4.69) is 31.0 Å². The van der Waals surface area contributed by atoms with Crippen molar-refractivity contribution in [2.75, 3.05) is 0 Å². The quantitative estimate of drug-likeness (QED) is 0.624. The van der Waals surface area contributed by atoms with Crippen LogP contribution in [0, 0.1) is 0 Å². The predicted molar refractivity (Wildman–Crippen MR) is 36.3 cm³/mol. The largest absolute Gasteiger partial charge is 0.581 e. The molecule has 1 rings (SSSR count). The Morgan fingerprint density at radius 1 is 1.40 bits per heavy atom. The monoisotopic (exact) mass is 226 g/mol. The summed E-state index contributed by atoms with van der Waals surface area (Å²) in [5.74, 6) is 0. The molecule has 0 aromatic carbocycles. The summed E-state index contributed by atoms with van der Waals surface area (Å²) >= 11 is 0.